The van der Waals surface area contributed by atoms with Crippen LogP contribution in [0.1, 0.15) is 30.6 Å². The Bertz CT molecular complexity index is 636. The third-order valence-corrected chi connectivity index (χ3v) is 3.96. The summed E-state index contributed by atoms with van der Waals surface area (Å²) in [5, 5.41) is 8.12. The summed E-state index contributed by atoms with van der Waals surface area (Å²) in [6, 6.07) is 8.47. The summed E-state index contributed by atoms with van der Waals surface area (Å²) in [5.41, 5.74) is 2.31. The molecule has 0 radical (unpaired) electrons. The van der Waals surface area contributed by atoms with E-state index in [1.165, 1.54) is 5.56 Å². The lowest BCUT2D eigenvalue weighted by Gasteiger charge is -2.26. The van der Waals surface area contributed by atoms with Crippen molar-refractivity contribution in [3.63, 3.8) is 0 Å². The van der Waals surface area contributed by atoms with Gasteiger partial charge in [0.15, 0.2) is 11.5 Å². The predicted molar refractivity (Wildman–Crippen MR) is 82.4 cm³/mol. The number of nitrogens with zero attached hydrogens (tertiary/aromatic N) is 2. The van der Waals surface area contributed by atoms with Gasteiger partial charge in [0.05, 0.1) is 26.0 Å². The Labute approximate surface area is 124 Å². The minimum absolute atomic E-state index is 0.237. The van der Waals surface area contributed by atoms with Gasteiger partial charge in [-0.25, -0.2) is 4.68 Å². The second-order valence-electron chi connectivity index (χ2n) is 5.16. The van der Waals surface area contributed by atoms with Gasteiger partial charge in [-0.2, -0.15) is 5.10 Å². The smallest absolute Gasteiger partial charge is 0.161 e. The molecule has 5 heteroatoms. The van der Waals surface area contributed by atoms with Gasteiger partial charge >= 0.3 is 0 Å². The maximum Gasteiger partial charge on any atom is 0.161 e. The number of ether oxygens (including phenoxy) is 2. The topological polar surface area (TPSA) is 48.3 Å². The van der Waals surface area contributed by atoms with Crippen molar-refractivity contribution in [1.82, 2.24) is 9.78 Å². The number of aromatic nitrogens is 2. The molecule has 1 unspecified atom stereocenters. The lowest BCUT2D eigenvalue weighted by molar-refractivity contribution is 0.353. The highest BCUT2D eigenvalue weighted by atomic mass is 16.5. The van der Waals surface area contributed by atoms with Crippen molar-refractivity contribution >= 4 is 5.82 Å². The zero-order chi connectivity index (χ0) is 14.8. The van der Waals surface area contributed by atoms with Gasteiger partial charge in [0.2, 0.25) is 0 Å². The van der Waals surface area contributed by atoms with Crippen LogP contribution < -0.4 is 14.8 Å². The van der Waals surface area contributed by atoms with Gasteiger partial charge in [-0.1, -0.05) is 13.0 Å². The molecule has 2 aromatic rings. The molecule has 2 heterocycles. The summed E-state index contributed by atoms with van der Waals surface area (Å²) in [5.74, 6) is 2.61. The van der Waals surface area contributed by atoms with E-state index in [-0.39, 0.29) is 6.04 Å². The van der Waals surface area contributed by atoms with Crippen LogP contribution in [0.4, 0.5) is 5.82 Å². The van der Waals surface area contributed by atoms with Gasteiger partial charge in [-0.05, 0) is 30.5 Å². The minimum Gasteiger partial charge on any atom is -0.493 e. The average Bonchev–Trinajstić information content (AvgIpc) is 2.97. The number of fused-ring (bicyclic) bond motifs is 1. The number of hydrogen-bond donors (Lipinski definition) is 1. The van der Waals surface area contributed by atoms with Gasteiger partial charge in [0, 0.05) is 12.6 Å². The number of rotatable bonds is 4. The highest BCUT2D eigenvalue weighted by molar-refractivity contribution is 5.46. The third-order valence-electron chi connectivity index (χ3n) is 3.96. The summed E-state index contributed by atoms with van der Waals surface area (Å²) >= 11 is 0. The quantitative estimate of drug-likeness (QED) is 0.939. The van der Waals surface area contributed by atoms with E-state index in [4.69, 9.17) is 14.6 Å². The van der Waals surface area contributed by atoms with Crippen molar-refractivity contribution in [3.8, 4) is 11.5 Å². The molecule has 0 bridgehead atoms. The van der Waals surface area contributed by atoms with Gasteiger partial charge in [0.1, 0.15) is 5.82 Å². The number of benzene rings is 1. The van der Waals surface area contributed by atoms with Gasteiger partial charge in [-0.15, -0.1) is 0 Å². The zero-order valence-corrected chi connectivity index (χ0v) is 12.7. The number of nitrogens with one attached hydrogen (secondary N) is 1. The van der Waals surface area contributed by atoms with E-state index in [0.717, 1.165) is 42.4 Å². The third kappa shape index (κ3) is 2.44. The van der Waals surface area contributed by atoms with Crippen LogP contribution in [0.25, 0.3) is 0 Å². The van der Waals surface area contributed by atoms with E-state index in [0.29, 0.717) is 0 Å². The van der Waals surface area contributed by atoms with Crippen LogP contribution in [-0.4, -0.2) is 30.5 Å². The van der Waals surface area contributed by atoms with Crippen LogP contribution >= 0.6 is 0 Å². The first-order valence-corrected chi connectivity index (χ1v) is 7.31. The van der Waals surface area contributed by atoms with Crippen LogP contribution in [0.5, 0.6) is 11.5 Å². The number of methoxy groups -OCH3 is 2. The Balaban J connectivity index is 2.00. The predicted octanol–water partition coefficient (Wildman–Crippen LogP) is 2.87. The van der Waals surface area contributed by atoms with E-state index >= 15 is 0 Å². The molecule has 1 aliphatic heterocycles. The standard InChI is InChI=1S/C16H21N3O2/c1-4-12-10-16-17-8-7-13(19(16)18-12)11-5-6-14(20-2)15(9-11)21-3/h5-6,9-10,13,17H,4,7-8H2,1-3H3. The lowest BCUT2D eigenvalue weighted by atomic mass is 10.0. The minimum atomic E-state index is 0.237. The maximum absolute atomic E-state index is 5.41. The van der Waals surface area contributed by atoms with Gasteiger partial charge in [0.25, 0.3) is 0 Å². The molecule has 0 amide bonds. The van der Waals surface area contributed by atoms with Gasteiger partial charge < -0.3 is 14.8 Å². The van der Waals surface area contributed by atoms with Crippen LogP contribution in [0, 0.1) is 0 Å². The van der Waals surface area contributed by atoms with E-state index in [1.807, 2.05) is 12.1 Å². The van der Waals surface area contributed by atoms with Crippen LogP contribution in [0.2, 0.25) is 0 Å². The molecule has 1 aliphatic rings. The van der Waals surface area contributed by atoms with Crippen LogP contribution in [0.3, 0.4) is 0 Å². The Morgan fingerprint density at radius 1 is 1.24 bits per heavy atom. The number of aryl methyl sites for hydroxylation is 1. The average molecular weight is 287 g/mol. The SMILES string of the molecule is CCc1cc2n(n1)C(c1ccc(OC)c(OC)c1)CCN2. The van der Waals surface area contributed by atoms with Crippen molar-refractivity contribution in [2.24, 2.45) is 0 Å². The summed E-state index contributed by atoms with van der Waals surface area (Å²) in [6.45, 7) is 3.08. The van der Waals surface area contributed by atoms with E-state index in [9.17, 15) is 0 Å². The molecule has 1 N–H and O–H groups in total. The number of hydrogen-bond acceptors (Lipinski definition) is 4. The second-order valence-corrected chi connectivity index (χ2v) is 5.16. The zero-order valence-electron chi connectivity index (χ0n) is 12.7. The van der Waals surface area contributed by atoms with Crippen molar-refractivity contribution in [3.05, 3.63) is 35.5 Å². The van der Waals surface area contributed by atoms with Crippen molar-refractivity contribution < 1.29 is 9.47 Å². The summed E-state index contributed by atoms with van der Waals surface area (Å²) in [7, 11) is 3.32. The Hall–Kier alpha value is -2.17. The van der Waals surface area contributed by atoms with Crippen molar-refractivity contribution in [2.75, 3.05) is 26.1 Å². The van der Waals surface area contributed by atoms with Crippen LogP contribution in [0.15, 0.2) is 24.3 Å². The molecule has 0 saturated heterocycles. The van der Waals surface area contributed by atoms with E-state index < -0.39 is 0 Å². The normalized spacial score (nSPS) is 17.0. The fourth-order valence-corrected chi connectivity index (χ4v) is 2.81. The Kier molecular flexibility index (Phi) is 3.73. The molecule has 21 heavy (non-hydrogen) atoms. The van der Waals surface area contributed by atoms with E-state index in [2.05, 4.69) is 29.1 Å². The molecular formula is C16H21N3O2. The first-order valence-electron chi connectivity index (χ1n) is 7.31. The van der Waals surface area contributed by atoms with Crippen molar-refractivity contribution in [1.29, 1.82) is 0 Å². The highest BCUT2D eigenvalue weighted by Gasteiger charge is 2.23. The first-order chi connectivity index (χ1) is 10.3. The molecular weight excluding hydrogens is 266 g/mol. The molecule has 1 aromatic heterocycles. The maximum atomic E-state index is 5.41. The Morgan fingerprint density at radius 3 is 2.76 bits per heavy atom. The largest absolute Gasteiger partial charge is 0.493 e. The lowest BCUT2D eigenvalue weighted by Crippen LogP contribution is -2.24. The molecule has 1 atom stereocenters. The molecule has 5 nitrogen and oxygen atoms in total. The summed E-state index contributed by atoms with van der Waals surface area (Å²) in [6.07, 6.45) is 1.95. The summed E-state index contributed by atoms with van der Waals surface area (Å²) < 4.78 is 12.8. The second kappa shape index (κ2) is 5.68. The molecule has 3 rings (SSSR count). The molecule has 0 aliphatic carbocycles. The molecule has 0 fully saturated rings. The number of anilines is 1. The monoisotopic (exact) mass is 287 g/mol. The molecule has 0 saturated carbocycles. The highest BCUT2D eigenvalue weighted by Crippen LogP contribution is 2.35. The van der Waals surface area contributed by atoms with Gasteiger partial charge in [-0.3, -0.25) is 0 Å². The summed E-state index contributed by atoms with van der Waals surface area (Å²) in [4.78, 5) is 0. The Morgan fingerprint density at radius 2 is 2.05 bits per heavy atom. The van der Waals surface area contributed by atoms with E-state index in [1.54, 1.807) is 14.2 Å². The fraction of sp³-hybridized carbons (Fsp3) is 0.438. The first kappa shape index (κ1) is 13.8. The van der Waals surface area contributed by atoms with Crippen molar-refractivity contribution in [2.45, 2.75) is 25.8 Å². The molecule has 112 valence electrons. The molecule has 1 aromatic carbocycles. The fourth-order valence-electron chi connectivity index (χ4n) is 2.81. The van der Waals surface area contributed by atoms with Crippen LogP contribution in [-0.2, 0) is 6.42 Å². The molecule has 0 spiro atoms.